The highest BCUT2D eigenvalue weighted by molar-refractivity contribution is 6.30. The van der Waals surface area contributed by atoms with E-state index in [1.54, 1.807) is 83.6 Å². The van der Waals surface area contributed by atoms with E-state index < -0.39 is 95.5 Å². The Kier molecular flexibility index (Phi) is 23.3. The number of fused-ring (bicyclic) bond motifs is 1. The fourth-order valence-electron chi connectivity index (χ4n) is 13.0. The minimum Gasteiger partial charge on any atom is -0.497 e. The van der Waals surface area contributed by atoms with E-state index in [4.69, 9.17) is 44.8 Å². The molecule has 3 saturated heterocycles. The van der Waals surface area contributed by atoms with Gasteiger partial charge in [-0.3, -0.25) is 19.0 Å². The zero-order valence-corrected chi connectivity index (χ0v) is 52.7. The van der Waals surface area contributed by atoms with Crippen molar-refractivity contribution in [3.05, 3.63) is 64.3 Å². The number of esters is 1. The van der Waals surface area contributed by atoms with Crippen LogP contribution in [-0.2, 0) is 44.4 Å². The third kappa shape index (κ3) is 15.3. The average Bonchev–Trinajstić information content (AvgIpc) is 2.75. The summed E-state index contributed by atoms with van der Waals surface area (Å²) in [7, 11) is 8.66. The molecule has 7 N–H and O–H groups in total. The number of nitrogens with one attached hydrogen (secondary N) is 2. The molecule has 0 bridgehead atoms. The third-order valence-electron chi connectivity index (χ3n) is 18.4. The van der Waals surface area contributed by atoms with E-state index in [1.165, 1.54) is 14.0 Å². The third-order valence-corrected chi connectivity index (χ3v) is 18.6. The van der Waals surface area contributed by atoms with Gasteiger partial charge in [-0.25, -0.2) is 0 Å². The molecule has 6 rings (SSSR count). The first-order valence-corrected chi connectivity index (χ1v) is 30.0. The first-order chi connectivity index (χ1) is 38.9. The number of carbonyl (C=O) groups excluding carboxylic acids is 3. The predicted octanol–water partition coefficient (Wildman–Crippen LogP) is 5.61. The number of cyclic esters (lactones) is 1. The van der Waals surface area contributed by atoms with E-state index in [-0.39, 0.29) is 62.1 Å². The fraction of sp³-hybridized carbons (Fsp3) is 0.726. The molecule has 83 heavy (non-hydrogen) atoms. The highest BCUT2D eigenvalue weighted by Crippen LogP contribution is 2.44. The Morgan fingerprint density at radius 1 is 0.916 bits per heavy atom. The number of hydrogen-bond acceptors (Lipinski definition) is 18. The number of amides is 1. The Morgan fingerprint density at radius 2 is 1.58 bits per heavy atom. The lowest BCUT2D eigenvalue weighted by Crippen LogP contribution is -2.70. The summed E-state index contributed by atoms with van der Waals surface area (Å²) in [4.78, 5) is 45.8. The van der Waals surface area contributed by atoms with Crippen LogP contribution in [0.15, 0.2) is 42.5 Å². The lowest BCUT2D eigenvalue weighted by Gasteiger charge is -2.53. The SMILES string of the molecule is CC[C@H]1OC(=O)[C@H](C)C(OC2C[C@@](C)(OC)[C@](O)(CNCCCCNC(=O)Cc3c(C)n(C(=O)c4ccc(Cl)cc4)c4ccc(OC)cc34)[C@H](C)O2)[C@H](C)[C@@H](O[C@@H]2O[C@H](C)C[C@H](N(C)C)[C@H]2O)[C@](C)(O)C[C@@H](C)CN(C)[C@H](C)[C@@H](O)[C@]1(C)O. The molecule has 3 fully saturated rings. The predicted molar refractivity (Wildman–Crippen MR) is 316 cm³/mol. The number of hydrogen-bond donors (Lipinski definition) is 7. The molecule has 0 aliphatic carbocycles. The molecule has 1 aromatic heterocycles. The van der Waals surface area contributed by atoms with Crippen molar-refractivity contribution in [3.63, 3.8) is 0 Å². The molecule has 20 nitrogen and oxygen atoms in total. The van der Waals surface area contributed by atoms with E-state index in [0.717, 1.165) is 5.39 Å². The van der Waals surface area contributed by atoms with Crippen LogP contribution in [0.3, 0.4) is 0 Å². The van der Waals surface area contributed by atoms with Gasteiger partial charge in [0.25, 0.3) is 5.91 Å². The van der Waals surface area contributed by atoms with Crippen molar-refractivity contribution < 1.29 is 73.1 Å². The second kappa shape index (κ2) is 28.3. The van der Waals surface area contributed by atoms with Gasteiger partial charge >= 0.3 is 5.97 Å². The van der Waals surface area contributed by atoms with E-state index in [1.807, 2.05) is 70.8 Å². The number of nitrogens with zero attached hydrogens (tertiary/aromatic N) is 3. The number of rotatable bonds is 18. The van der Waals surface area contributed by atoms with Gasteiger partial charge in [-0.15, -0.1) is 0 Å². The van der Waals surface area contributed by atoms with Crippen molar-refractivity contribution in [3.8, 4) is 5.75 Å². The van der Waals surface area contributed by atoms with Gasteiger partial charge in [-0.2, -0.15) is 0 Å². The van der Waals surface area contributed by atoms with E-state index >= 15 is 0 Å². The van der Waals surface area contributed by atoms with Gasteiger partial charge in [-0.05, 0) is 169 Å². The molecule has 1 amide bonds. The molecule has 468 valence electrons. The van der Waals surface area contributed by atoms with E-state index in [2.05, 4.69) is 10.6 Å². The molecule has 3 aliphatic heterocycles. The number of halogens is 1. The largest absolute Gasteiger partial charge is 0.497 e. The molecule has 0 saturated carbocycles. The van der Waals surface area contributed by atoms with Gasteiger partial charge in [0.2, 0.25) is 5.91 Å². The molecule has 3 aromatic rings. The standard InChI is InChI=1S/C62H98ClN5O15/c1-17-49-61(11,75)54(71)40(7)67(14)33-35(2)31-59(9,74)55(83-58-52(70)48(66(12)13)28-36(3)79-58)37(4)53(38(5)57(73)81-49)82-51-32-60(10,78-16)62(76,41(8)80-51)34-64-26-18-19-27-65-50(69)30-45-39(6)68(47-25-24-44(77-15)29-46(45)47)56(72)42-20-22-43(63)23-21-42/h20-25,29,35-38,40-41,48-49,51-55,58,64,70-71,74-76H,17-19,26-28,30-34H2,1-16H3,(H,65,69)/t35-,36-,37+,38-,40-,41+,48+,49-,51?,52-,53?,54-,55-,58+,59-,60-,61-,62+/m1/s1. The Hall–Kier alpha value is -3.84. The number of ether oxygens (including phenoxy) is 7. The molecule has 2 unspecified atom stereocenters. The number of benzene rings is 2. The molecule has 0 spiro atoms. The van der Waals surface area contributed by atoms with Gasteiger partial charge in [-0.1, -0.05) is 32.4 Å². The summed E-state index contributed by atoms with van der Waals surface area (Å²) < 4.78 is 46.2. The first kappa shape index (κ1) is 68.3. The Labute approximate surface area is 496 Å². The molecule has 3 aliphatic rings. The van der Waals surface area contributed by atoms with Gasteiger partial charge in [0.15, 0.2) is 12.6 Å². The topological polar surface area (TPSA) is 252 Å². The molecule has 0 radical (unpaired) electrons. The van der Waals surface area contributed by atoms with Crippen LogP contribution in [0.2, 0.25) is 5.02 Å². The maximum Gasteiger partial charge on any atom is 0.311 e. The highest BCUT2D eigenvalue weighted by Gasteiger charge is 2.58. The quantitative estimate of drug-likeness (QED) is 0.0604. The minimum atomic E-state index is -1.87. The second-order valence-corrected chi connectivity index (χ2v) is 25.4. The second-order valence-electron chi connectivity index (χ2n) is 25.0. The highest BCUT2D eigenvalue weighted by atomic mass is 35.5. The van der Waals surface area contributed by atoms with Crippen LogP contribution in [0.25, 0.3) is 10.9 Å². The van der Waals surface area contributed by atoms with Crippen LogP contribution in [0.5, 0.6) is 5.75 Å². The molecule has 18 atom stereocenters. The summed E-state index contributed by atoms with van der Waals surface area (Å²) in [5.74, 6) is -2.73. The van der Waals surface area contributed by atoms with Crippen molar-refractivity contribution >= 4 is 40.3 Å². The Morgan fingerprint density at radius 3 is 2.20 bits per heavy atom. The monoisotopic (exact) mass is 1190 g/mol. The average molecular weight is 1190 g/mol. The van der Waals surface area contributed by atoms with Crippen LogP contribution in [0.4, 0.5) is 0 Å². The fourth-order valence-corrected chi connectivity index (χ4v) is 13.2. The van der Waals surface area contributed by atoms with Gasteiger partial charge in [0.05, 0.1) is 55.0 Å². The Balaban J connectivity index is 1.17. The van der Waals surface area contributed by atoms with Crippen molar-refractivity contribution in [1.82, 2.24) is 25.0 Å². The lowest BCUT2D eigenvalue weighted by atomic mass is 9.75. The molecular weight excluding hydrogens is 1090 g/mol. The van der Waals surface area contributed by atoms with Crippen LogP contribution >= 0.6 is 11.6 Å². The number of carbonyl (C=O) groups is 3. The molecule has 2 aromatic carbocycles. The smallest absolute Gasteiger partial charge is 0.311 e. The van der Waals surface area contributed by atoms with Crippen molar-refractivity contribution in [2.75, 3.05) is 61.5 Å². The number of unbranched alkanes of at least 4 members (excludes halogenated alkanes) is 1. The summed E-state index contributed by atoms with van der Waals surface area (Å²) in [6, 6.07) is 11.2. The summed E-state index contributed by atoms with van der Waals surface area (Å²) in [5, 5.41) is 68.6. The molecular formula is C62H98ClN5O15. The minimum absolute atomic E-state index is 0.00259. The number of likely N-dealkylation sites (N-methyl/N-ethyl adjacent to an activating group) is 2. The molecule has 21 heteroatoms. The van der Waals surface area contributed by atoms with Crippen LogP contribution in [0, 0.1) is 24.7 Å². The zero-order chi connectivity index (χ0) is 61.7. The molecule has 4 heterocycles. The van der Waals surface area contributed by atoms with E-state index in [0.29, 0.717) is 72.0 Å². The summed E-state index contributed by atoms with van der Waals surface area (Å²) >= 11 is 6.11. The van der Waals surface area contributed by atoms with Crippen molar-refractivity contribution in [2.24, 2.45) is 17.8 Å². The number of methoxy groups -OCH3 is 2. The van der Waals surface area contributed by atoms with E-state index in [9.17, 15) is 39.9 Å². The number of aliphatic hydroxyl groups excluding tert-OH is 2. The van der Waals surface area contributed by atoms with Gasteiger partial charge < -0.3 is 79.1 Å². The summed E-state index contributed by atoms with van der Waals surface area (Å²) in [6.07, 6.45) is -7.10. The lowest BCUT2D eigenvalue weighted by molar-refractivity contribution is -0.336. The maximum atomic E-state index is 14.7. The van der Waals surface area contributed by atoms with Crippen LogP contribution in [0.1, 0.15) is 129 Å². The first-order valence-electron chi connectivity index (χ1n) is 29.6. The van der Waals surface area contributed by atoms with Crippen molar-refractivity contribution in [1.29, 1.82) is 0 Å². The van der Waals surface area contributed by atoms with Crippen LogP contribution in [-0.4, -0.2) is 209 Å². The zero-order valence-electron chi connectivity index (χ0n) is 51.9. The maximum absolute atomic E-state index is 14.7. The Bertz CT molecular complexity index is 2640. The normalized spacial score (nSPS) is 36.3. The van der Waals surface area contributed by atoms with Crippen LogP contribution < -0.4 is 15.4 Å². The van der Waals surface area contributed by atoms with Gasteiger partial charge in [0, 0.05) is 72.8 Å². The summed E-state index contributed by atoms with van der Waals surface area (Å²) in [6.45, 7) is 20.7. The number of aliphatic hydroxyl groups is 5. The number of aromatic nitrogens is 1. The van der Waals surface area contributed by atoms with Gasteiger partial charge in [0.1, 0.15) is 40.9 Å². The summed E-state index contributed by atoms with van der Waals surface area (Å²) in [5.41, 5.74) is -3.92. The van der Waals surface area contributed by atoms with Crippen molar-refractivity contribution in [2.45, 2.75) is 211 Å².